The summed E-state index contributed by atoms with van der Waals surface area (Å²) in [6.07, 6.45) is 0. The lowest BCUT2D eigenvalue weighted by Crippen LogP contribution is -2.15. The van der Waals surface area contributed by atoms with Crippen molar-refractivity contribution in [3.05, 3.63) is 175 Å². The molecule has 8 aromatic carbocycles. The molecule has 0 bridgehead atoms. The third-order valence-electron chi connectivity index (χ3n) is 10.7. The topological polar surface area (TPSA) is 17.0 Å². The lowest BCUT2D eigenvalue weighted by atomic mass is 9.82. The van der Waals surface area contributed by atoms with E-state index in [0.717, 1.165) is 11.4 Å². The molecule has 1 aliphatic rings. The quantitative estimate of drug-likeness (QED) is 0.192. The molecule has 49 heavy (non-hydrogen) atoms. The molecule has 1 aromatic heterocycles. The number of nitrogens with one attached hydrogen (secondary N) is 1. The third-order valence-corrected chi connectivity index (χ3v) is 10.7. The molecule has 0 atom stereocenters. The normalized spacial score (nSPS) is 13.3. The summed E-state index contributed by atoms with van der Waals surface area (Å²) >= 11 is 0. The van der Waals surface area contributed by atoms with Crippen LogP contribution in [0.3, 0.4) is 0 Å². The van der Waals surface area contributed by atoms with Gasteiger partial charge >= 0.3 is 0 Å². The van der Waals surface area contributed by atoms with Crippen molar-refractivity contribution < 1.29 is 0 Å². The van der Waals surface area contributed by atoms with E-state index in [0.29, 0.717) is 0 Å². The molecule has 2 nitrogen and oxygen atoms in total. The molecule has 0 fully saturated rings. The van der Waals surface area contributed by atoms with Gasteiger partial charge in [0.15, 0.2) is 0 Å². The molecule has 232 valence electrons. The van der Waals surface area contributed by atoms with Gasteiger partial charge in [-0.3, -0.25) is 0 Å². The molecule has 1 N–H and O–H groups in total. The standard InChI is InChI=1S/C47H34N2/c1-47(2)42-19-11-10-16-37(42)38-26-25-34(29-43(38)47)49-44-27-24-33(48-32-22-20-31(21-23-32)30-12-4-3-5-13-30)28-41(44)45-39-17-8-6-14-35(39)36-15-7-9-18-40(36)46(45)49/h3-29,48H,1-2H3. The van der Waals surface area contributed by atoms with Crippen LogP contribution in [0.15, 0.2) is 164 Å². The minimum atomic E-state index is -0.0807. The van der Waals surface area contributed by atoms with Gasteiger partial charge in [-0.1, -0.05) is 135 Å². The van der Waals surface area contributed by atoms with E-state index in [1.54, 1.807) is 0 Å². The Morgan fingerprint density at radius 3 is 1.86 bits per heavy atom. The second-order valence-electron chi connectivity index (χ2n) is 13.9. The van der Waals surface area contributed by atoms with Crippen LogP contribution < -0.4 is 5.32 Å². The number of aromatic nitrogens is 1. The Morgan fingerprint density at radius 1 is 0.449 bits per heavy atom. The van der Waals surface area contributed by atoms with Gasteiger partial charge < -0.3 is 9.88 Å². The van der Waals surface area contributed by atoms with Crippen molar-refractivity contribution in [1.82, 2.24) is 4.57 Å². The zero-order chi connectivity index (χ0) is 32.7. The Kier molecular flexibility index (Phi) is 5.95. The molecule has 0 amide bonds. The molecule has 0 aliphatic heterocycles. The van der Waals surface area contributed by atoms with Crippen molar-refractivity contribution in [2.24, 2.45) is 0 Å². The zero-order valence-corrected chi connectivity index (χ0v) is 27.5. The maximum absolute atomic E-state index is 3.72. The lowest BCUT2D eigenvalue weighted by Gasteiger charge is -2.22. The predicted octanol–water partition coefficient (Wildman–Crippen LogP) is 12.8. The minimum Gasteiger partial charge on any atom is -0.356 e. The number of benzene rings is 8. The van der Waals surface area contributed by atoms with E-state index in [9.17, 15) is 0 Å². The van der Waals surface area contributed by atoms with Gasteiger partial charge in [0.05, 0.1) is 11.0 Å². The summed E-state index contributed by atoms with van der Waals surface area (Å²) in [4.78, 5) is 0. The summed E-state index contributed by atoms with van der Waals surface area (Å²) in [7, 11) is 0. The highest BCUT2D eigenvalue weighted by molar-refractivity contribution is 6.32. The average Bonchev–Trinajstić information content (AvgIpc) is 3.61. The molecule has 0 saturated heterocycles. The number of fused-ring (bicyclic) bond motifs is 11. The Bertz CT molecular complexity index is 2750. The van der Waals surface area contributed by atoms with E-state index >= 15 is 0 Å². The van der Waals surface area contributed by atoms with Crippen LogP contribution in [0.1, 0.15) is 25.0 Å². The predicted molar refractivity (Wildman–Crippen MR) is 209 cm³/mol. The summed E-state index contributed by atoms with van der Waals surface area (Å²) in [5, 5.41) is 11.4. The first-order valence-corrected chi connectivity index (χ1v) is 17.1. The van der Waals surface area contributed by atoms with Crippen molar-refractivity contribution in [3.8, 4) is 27.9 Å². The summed E-state index contributed by atoms with van der Waals surface area (Å²) in [5.74, 6) is 0. The molecule has 1 aliphatic carbocycles. The van der Waals surface area contributed by atoms with Crippen LogP contribution in [-0.2, 0) is 5.41 Å². The van der Waals surface area contributed by atoms with Gasteiger partial charge in [0.2, 0.25) is 0 Å². The first-order valence-electron chi connectivity index (χ1n) is 17.1. The van der Waals surface area contributed by atoms with Gasteiger partial charge in [-0.2, -0.15) is 0 Å². The zero-order valence-electron chi connectivity index (χ0n) is 27.5. The molecule has 9 aromatic rings. The van der Waals surface area contributed by atoms with Gasteiger partial charge in [0, 0.05) is 38.6 Å². The molecular formula is C47H34N2. The Labute approximate surface area is 285 Å². The largest absolute Gasteiger partial charge is 0.356 e. The number of rotatable bonds is 4. The van der Waals surface area contributed by atoms with Crippen LogP contribution in [-0.4, -0.2) is 4.57 Å². The minimum absolute atomic E-state index is 0.0807. The molecular weight excluding hydrogens is 593 g/mol. The number of nitrogens with zero attached hydrogens (tertiary/aromatic N) is 1. The van der Waals surface area contributed by atoms with Gasteiger partial charge in [0.1, 0.15) is 0 Å². The van der Waals surface area contributed by atoms with Crippen molar-refractivity contribution in [1.29, 1.82) is 0 Å². The lowest BCUT2D eigenvalue weighted by molar-refractivity contribution is 0.660. The monoisotopic (exact) mass is 626 g/mol. The highest BCUT2D eigenvalue weighted by atomic mass is 15.0. The molecule has 2 heteroatoms. The van der Waals surface area contributed by atoms with Crippen molar-refractivity contribution >= 4 is 54.7 Å². The van der Waals surface area contributed by atoms with E-state index in [2.05, 4.69) is 188 Å². The summed E-state index contributed by atoms with van der Waals surface area (Å²) in [6.45, 7) is 4.72. The number of hydrogen-bond acceptors (Lipinski definition) is 1. The molecule has 0 radical (unpaired) electrons. The van der Waals surface area contributed by atoms with Gasteiger partial charge in [0.25, 0.3) is 0 Å². The van der Waals surface area contributed by atoms with E-state index in [1.807, 2.05) is 0 Å². The van der Waals surface area contributed by atoms with Gasteiger partial charge in [-0.15, -0.1) is 0 Å². The highest BCUT2D eigenvalue weighted by Crippen LogP contribution is 2.50. The summed E-state index contributed by atoms with van der Waals surface area (Å²) < 4.78 is 2.51. The first-order chi connectivity index (χ1) is 24.1. The fourth-order valence-electron chi connectivity index (χ4n) is 8.40. The Morgan fingerprint density at radius 2 is 1.06 bits per heavy atom. The van der Waals surface area contributed by atoms with E-state index in [1.165, 1.54) is 82.4 Å². The van der Waals surface area contributed by atoms with Gasteiger partial charge in [-0.05, 0) is 92.0 Å². The average molecular weight is 627 g/mol. The van der Waals surface area contributed by atoms with Crippen LogP contribution >= 0.6 is 0 Å². The molecule has 1 heterocycles. The maximum Gasteiger partial charge on any atom is 0.0625 e. The molecule has 0 unspecified atom stereocenters. The van der Waals surface area contributed by atoms with Gasteiger partial charge in [-0.25, -0.2) is 0 Å². The van der Waals surface area contributed by atoms with Crippen LogP contribution in [0.4, 0.5) is 11.4 Å². The molecule has 0 saturated carbocycles. The van der Waals surface area contributed by atoms with Crippen molar-refractivity contribution in [3.63, 3.8) is 0 Å². The van der Waals surface area contributed by atoms with Crippen molar-refractivity contribution in [2.45, 2.75) is 19.3 Å². The van der Waals surface area contributed by atoms with E-state index in [4.69, 9.17) is 0 Å². The molecule has 0 spiro atoms. The fraction of sp³-hybridized carbons (Fsp3) is 0.0638. The second-order valence-corrected chi connectivity index (χ2v) is 13.9. The highest BCUT2D eigenvalue weighted by Gasteiger charge is 2.35. The Hall–Kier alpha value is -6.12. The van der Waals surface area contributed by atoms with E-state index in [-0.39, 0.29) is 5.41 Å². The number of hydrogen-bond donors (Lipinski definition) is 1. The van der Waals surface area contributed by atoms with Crippen LogP contribution in [0.25, 0.3) is 71.3 Å². The first kappa shape index (κ1) is 27.9. The SMILES string of the molecule is CC1(C)c2ccccc2-c2ccc(-n3c4ccc(Nc5ccc(-c6ccccc6)cc5)cc4c4c5ccccc5c5ccccc5c43)cc21. The molecule has 10 rings (SSSR count). The summed E-state index contributed by atoms with van der Waals surface area (Å²) in [5.41, 5.74) is 13.6. The Balaban J connectivity index is 1.21. The van der Waals surface area contributed by atoms with Crippen LogP contribution in [0.5, 0.6) is 0 Å². The van der Waals surface area contributed by atoms with E-state index < -0.39 is 0 Å². The second kappa shape index (κ2) is 10.4. The smallest absolute Gasteiger partial charge is 0.0625 e. The maximum atomic E-state index is 3.72. The number of anilines is 2. The van der Waals surface area contributed by atoms with Crippen molar-refractivity contribution in [2.75, 3.05) is 5.32 Å². The van der Waals surface area contributed by atoms with Crippen LogP contribution in [0.2, 0.25) is 0 Å². The fourth-order valence-corrected chi connectivity index (χ4v) is 8.40. The summed E-state index contributed by atoms with van der Waals surface area (Å²) in [6, 6.07) is 59.9. The third kappa shape index (κ3) is 4.14. The van der Waals surface area contributed by atoms with Crippen LogP contribution in [0, 0.1) is 0 Å².